The van der Waals surface area contributed by atoms with Crippen molar-refractivity contribution in [3.63, 3.8) is 0 Å². The van der Waals surface area contributed by atoms with Crippen LogP contribution in [0.3, 0.4) is 0 Å². The summed E-state index contributed by atoms with van der Waals surface area (Å²) >= 11 is 0. The zero-order valence-electron chi connectivity index (χ0n) is 13.2. The fourth-order valence-electron chi connectivity index (χ4n) is 3.35. The van der Waals surface area contributed by atoms with Gasteiger partial charge < -0.3 is 5.73 Å². The van der Waals surface area contributed by atoms with E-state index < -0.39 is 15.6 Å². The molecule has 0 spiro atoms. The minimum Gasteiger partial charge on any atom is -0.329 e. The molecule has 4 nitrogen and oxygen atoms in total. The molecule has 0 saturated heterocycles. The van der Waals surface area contributed by atoms with Gasteiger partial charge >= 0.3 is 0 Å². The van der Waals surface area contributed by atoms with E-state index in [4.69, 9.17) is 5.73 Å². The summed E-state index contributed by atoms with van der Waals surface area (Å²) in [5.41, 5.74) is 7.41. The normalized spacial score (nSPS) is 18.9. The van der Waals surface area contributed by atoms with Crippen molar-refractivity contribution in [2.24, 2.45) is 5.73 Å². The number of aryl methyl sites for hydroxylation is 2. The molecule has 1 fully saturated rings. The largest absolute Gasteiger partial charge is 0.329 e. The van der Waals surface area contributed by atoms with Crippen LogP contribution >= 0.6 is 0 Å². The molecule has 0 amide bonds. The Bertz CT molecular complexity index is 605. The molecule has 0 heterocycles. The minimum absolute atomic E-state index is 0.383. The van der Waals surface area contributed by atoms with Crippen LogP contribution in [0.4, 0.5) is 0 Å². The Kier molecular flexibility index (Phi) is 4.76. The molecule has 1 aromatic rings. The highest BCUT2D eigenvalue weighted by Crippen LogP contribution is 2.36. The second kappa shape index (κ2) is 6.07. The summed E-state index contributed by atoms with van der Waals surface area (Å²) < 4.78 is 27.5. The molecule has 0 radical (unpaired) electrons. The zero-order chi connectivity index (χ0) is 15.7. The van der Waals surface area contributed by atoms with Gasteiger partial charge in [-0.2, -0.15) is 4.31 Å². The molecule has 5 heteroatoms. The number of likely N-dealkylation sites (N-methyl/N-ethyl adjacent to an activating group) is 1. The average Bonchev–Trinajstić information content (AvgIpc) is 2.46. The maximum absolute atomic E-state index is 13.0. The molecule has 118 valence electrons. The van der Waals surface area contributed by atoms with Crippen LogP contribution in [-0.2, 0) is 10.0 Å². The van der Waals surface area contributed by atoms with E-state index in [1.165, 1.54) is 10.7 Å². The van der Waals surface area contributed by atoms with E-state index in [9.17, 15) is 8.42 Å². The van der Waals surface area contributed by atoms with E-state index in [0.717, 1.165) is 36.8 Å². The van der Waals surface area contributed by atoms with Gasteiger partial charge in [0.1, 0.15) is 0 Å². The second-order valence-electron chi connectivity index (χ2n) is 6.23. The van der Waals surface area contributed by atoms with Crippen LogP contribution < -0.4 is 5.73 Å². The van der Waals surface area contributed by atoms with Crippen molar-refractivity contribution in [1.82, 2.24) is 4.31 Å². The molecule has 0 atom stereocenters. The second-order valence-corrected chi connectivity index (χ2v) is 8.17. The van der Waals surface area contributed by atoms with Gasteiger partial charge in [0, 0.05) is 19.1 Å². The number of sulfonamides is 1. The molecule has 0 aromatic heterocycles. The summed E-state index contributed by atoms with van der Waals surface area (Å²) in [4.78, 5) is 0.397. The van der Waals surface area contributed by atoms with Crippen LogP contribution in [0.25, 0.3) is 0 Å². The van der Waals surface area contributed by atoms with E-state index in [2.05, 4.69) is 0 Å². The average molecular weight is 310 g/mol. The van der Waals surface area contributed by atoms with E-state index in [1.54, 1.807) is 13.1 Å². The van der Waals surface area contributed by atoms with Gasteiger partial charge in [-0.25, -0.2) is 8.42 Å². The number of benzene rings is 1. The van der Waals surface area contributed by atoms with Gasteiger partial charge in [-0.1, -0.05) is 37.0 Å². The van der Waals surface area contributed by atoms with Crippen LogP contribution in [-0.4, -0.2) is 31.9 Å². The zero-order valence-corrected chi connectivity index (χ0v) is 14.0. The third kappa shape index (κ3) is 3.00. The van der Waals surface area contributed by atoms with E-state index in [1.807, 2.05) is 26.0 Å². The summed E-state index contributed by atoms with van der Waals surface area (Å²) in [6.07, 6.45) is 4.96. The topological polar surface area (TPSA) is 63.4 Å². The number of rotatable bonds is 4. The highest BCUT2D eigenvalue weighted by Gasteiger charge is 2.41. The third-order valence-electron chi connectivity index (χ3n) is 4.80. The van der Waals surface area contributed by atoms with E-state index in [-0.39, 0.29) is 0 Å². The first-order valence-electron chi connectivity index (χ1n) is 7.60. The lowest BCUT2D eigenvalue weighted by Gasteiger charge is -2.43. The van der Waals surface area contributed by atoms with Crippen molar-refractivity contribution in [3.8, 4) is 0 Å². The fraction of sp³-hybridized carbons (Fsp3) is 0.625. The molecule has 0 unspecified atom stereocenters. The van der Waals surface area contributed by atoms with Crippen LogP contribution in [0, 0.1) is 13.8 Å². The highest BCUT2D eigenvalue weighted by atomic mass is 32.2. The first-order valence-corrected chi connectivity index (χ1v) is 9.04. The van der Waals surface area contributed by atoms with Gasteiger partial charge in [-0.05, 0) is 38.3 Å². The van der Waals surface area contributed by atoms with Crippen molar-refractivity contribution in [1.29, 1.82) is 0 Å². The van der Waals surface area contributed by atoms with Gasteiger partial charge in [-0.15, -0.1) is 0 Å². The summed E-state index contributed by atoms with van der Waals surface area (Å²) in [6, 6.07) is 5.48. The highest BCUT2D eigenvalue weighted by molar-refractivity contribution is 7.89. The number of nitrogens with two attached hydrogens (primary N) is 1. The molecule has 0 aliphatic heterocycles. The Balaban J connectivity index is 2.42. The Morgan fingerprint density at radius 2 is 1.81 bits per heavy atom. The van der Waals surface area contributed by atoms with Crippen molar-refractivity contribution < 1.29 is 8.42 Å². The Hall–Kier alpha value is -0.910. The molecular weight excluding hydrogens is 284 g/mol. The minimum atomic E-state index is -3.50. The fourth-order valence-corrected chi connectivity index (χ4v) is 5.12. The maximum Gasteiger partial charge on any atom is 0.243 e. The Labute approximate surface area is 128 Å². The quantitative estimate of drug-likeness (QED) is 0.929. The lowest BCUT2D eigenvalue weighted by atomic mass is 9.82. The Morgan fingerprint density at radius 3 is 2.33 bits per heavy atom. The summed E-state index contributed by atoms with van der Waals surface area (Å²) in [5, 5.41) is 0. The van der Waals surface area contributed by atoms with Crippen LogP contribution in [0.5, 0.6) is 0 Å². The van der Waals surface area contributed by atoms with Gasteiger partial charge in [0.2, 0.25) is 10.0 Å². The number of hydrogen-bond acceptors (Lipinski definition) is 3. The summed E-state index contributed by atoms with van der Waals surface area (Å²) in [5.74, 6) is 0. The van der Waals surface area contributed by atoms with Crippen LogP contribution in [0.2, 0.25) is 0 Å². The molecule has 1 aliphatic rings. The molecule has 1 aliphatic carbocycles. The number of nitrogens with zero attached hydrogens (tertiary/aromatic N) is 1. The standard InChI is InChI=1S/C16H26N2O2S/c1-13-7-8-15(14(2)11-13)21(19,20)18(3)16(12-17)9-5-4-6-10-16/h7-8,11H,4-6,9-10,12,17H2,1-3H3. The van der Waals surface area contributed by atoms with Crippen molar-refractivity contribution >= 4 is 10.0 Å². The van der Waals surface area contributed by atoms with Gasteiger partial charge in [0.25, 0.3) is 0 Å². The Morgan fingerprint density at radius 1 is 1.19 bits per heavy atom. The van der Waals surface area contributed by atoms with Crippen molar-refractivity contribution in [3.05, 3.63) is 29.3 Å². The SMILES string of the molecule is Cc1ccc(S(=O)(=O)N(C)C2(CN)CCCCC2)c(C)c1. The molecule has 2 rings (SSSR count). The first kappa shape index (κ1) is 16.5. The predicted molar refractivity (Wildman–Crippen MR) is 85.7 cm³/mol. The lowest BCUT2D eigenvalue weighted by Crippen LogP contribution is -2.55. The maximum atomic E-state index is 13.0. The van der Waals surface area contributed by atoms with Gasteiger partial charge in [-0.3, -0.25) is 0 Å². The van der Waals surface area contributed by atoms with E-state index >= 15 is 0 Å². The monoisotopic (exact) mass is 310 g/mol. The van der Waals surface area contributed by atoms with Crippen LogP contribution in [0.15, 0.2) is 23.1 Å². The molecule has 2 N–H and O–H groups in total. The summed E-state index contributed by atoms with van der Waals surface area (Å²) in [7, 11) is -1.82. The van der Waals surface area contributed by atoms with Crippen LogP contribution in [0.1, 0.15) is 43.2 Å². The first-order chi connectivity index (χ1) is 9.83. The molecule has 21 heavy (non-hydrogen) atoms. The van der Waals surface area contributed by atoms with Crippen molar-refractivity contribution in [2.45, 2.75) is 56.4 Å². The number of hydrogen-bond donors (Lipinski definition) is 1. The molecular formula is C16H26N2O2S. The van der Waals surface area contributed by atoms with Gasteiger partial charge in [0.15, 0.2) is 0 Å². The lowest BCUT2D eigenvalue weighted by molar-refractivity contribution is 0.159. The van der Waals surface area contributed by atoms with Gasteiger partial charge in [0.05, 0.1) is 4.90 Å². The summed E-state index contributed by atoms with van der Waals surface area (Å²) in [6.45, 7) is 4.20. The molecule has 0 bridgehead atoms. The smallest absolute Gasteiger partial charge is 0.243 e. The molecule has 1 saturated carbocycles. The van der Waals surface area contributed by atoms with E-state index in [0.29, 0.717) is 11.4 Å². The third-order valence-corrected chi connectivity index (χ3v) is 6.92. The molecule has 1 aromatic carbocycles. The predicted octanol–water partition coefficient (Wildman–Crippen LogP) is 2.59. The van der Waals surface area contributed by atoms with Crippen molar-refractivity contribution in [2.75, 3.05) is 13.6 Å².